The minimum atomic E-state index is 0. The predicted molar refractivity (Wildman–Crippen MR) is 88.3 cm³/mol. The van der Waals surface area contributed by atoms with Crippen LogP contribution in [0.2, 0.25) is 0 Å². The summed E-state index contributed by atoms with van der Waals surface area (Å²) in [6, 6.07) is 8.54. The van der Waals surface area contributed by atoms with Crippen LogP contribution < -0.4 is 11.1 Å². The monoisotopic (exact) mass is 314 g/mol. The SMILES string of the molecule is Cc1cccc(CSCC(=O)NCC(N)C2CC2)c1.Cl. The van der Waals surface area contributed by atoms with Gasteiger partial charge < -0.3 is 11.1 Å². The van der Waals surface area contributed by atoms with Crippen LogP contribution in [0.5, 0.6) is 0 Å². The Bertz CT molecular complexity index is 438. The lowest BCUT2D eigenvalue weighted by Crippen LogP contribution is -2.39. The Labute approximate surface area is 131 Å². The number of hydrogen-bond acceptors (Lipinski definition) is 3. The molecule has 1 saturated carbocycles. The van der Waals surface area contributed by atoms with E-state index in [1.807, 2.05) is 0 Å². The van der Waals surface area contributed by atoms with E-state index in [4.69, 9.17) is 5.73 Å². The molecule has 0 aromatic heterocycles. The quantitative estimate of drug-likeness (QED) is 0.813. The summed E-state index contributed by atoms with van der Waals surface area (Å²) in [7, 11) is 0. The summed E-state index contributed by atoms with van der Waals surface area (Å²) >= 11 is 1.65. The number of nitrogens with one attached hydrogen (secondary N) is 1. The number of halogens is 1. The van der Waals surface area contributed by atoms with Gasteiger partial charge in [-0.3, -0.25) is 4.79 Å². The molecule has 0 saturated heterocycles. The van der Waals surface area contributed by atoms with Crippen LogP contribution in [0.3, 0.4) is 0 Å². The molecule has 0 spiro atoms. The Hall–Kier alpha value is -0.710. The standard InChI is InChI=1S/C15H22N2OS.ClH/c1-11-3-2-4-12(7-11)9-19-10-15(18)17-8-14(16)13-5-6-13;/h2-4,7,13-14H,5-6,8-10,16H2,1H3,(H,17,18);1H. The minimum Gasteiger partial charge on any atom is -0.354 e. The van der Waals surface area contributed by atoms with Crippen molar-refractivity contribution in [2.75, 3.05) is 12.3 Å². The number of carbonyl (C=O) groups excluding carboxylic acids is 1. The molecular weight excluding hydrogens is 292 g/mol. The van der Waals surface area contributed by atoms with Crippen molar-refractivity contribution in [3.05, 3.63) is 35.4 Å². The van der Waals surface area contributed by atoms with Crippen LogP contribution in [-0.4, -0.2) is 24.2 Å². The van der Waals surface area contributed by atoms with Gasteiger partial charge in [0.25, 0.3) is 0 Å². The molecule has 1 atom stereocenters. The smallest absolute Gasteiger partial charge is 0.230 e. The van der Waals surface area contributed by atoms with Crippen molar-refractivity contribution >= 4 is 30.1 Å². The molecule has 1 aliphatic rings. The van der Waals surface area contributed by atoms with Gasteiger partial charge in [-0.25, -0.2) is 0 Å². The van der Waals surface area contributed by atoms with Gasteiger partial charge in [-0.2, -0.15) is 0 Å². The highest BCUT2D eigenvalue weighted by Crippen LogP contribution is 2.31. The normalized spacial score (nSPS) is 15.3. The van der Waals surface area contributed by atoms with E-state index >= 15 is 0 Å². The molecule has 112 valence electrons. The van der Waals surface area contributed by atoms with Crippen molar-refractivity contribution < 1.29 is 4.79 Å². The fourth-order valence-corrected chi connectivity index (χ4v) is 2.84. The summed E-state index contributed by atoms with van der Waals surface area (Å²) in [6.45, 7) is 2.70. The van der Waals surface area contributed by atoms with Crippen LogP contribution in [0, 0.1) is 12.8 Å². The number of hydrogen-bond donors (Lipinski definition) is 2. The summed E-state index contributed by atoms with van der Waals surface area (Å²) < 4.78 is 0. The van der Waals surface area contributed by atoms with Crippen molar-refractivity contribution in [2.45, 2.75) is 31.6 Å². The highest BCUT2D eigenvalue weighted by atomic mass is 35.5. The number of thioether (sulfide) groups is 1. The molecule has 3 N–H and O–H groups in total. The molecular formula is C15H23ClN2OS. The summed E-state index contributed by atoms with van der Waals surface area (Å²) in [4.78, 5) is 11.7. The van der Waals surface area contributed by atoms with E-state index in [9.17, 15) is 4.79 Å². The molecule has 5 heteroatoms. The third-order valence-electron chi connectivity index (χ3n) is 3.35. The predicted octanol–water partition coefficient (Wildman–Crippen LogP) is 2.50. The zero-order valence-corrected chi connectivity index (χ0v) is 13.4. The van der Waals surface area contributed by atoms with Crippen molar-refractivity contribution in [3.63, 3.8) is 0 Å². The first-order chi connectivity index (χ1) is 9.15. The zero-order chi connectivity index (χ0) is 13.7. The summed E-state index contributed by atoms with van der Waals surface area (Å²) in [5, 5.41) is 2.92. The maximum Gasteiger partial charge on any atom is 0.230 e. The molecule has 1 aromatic carbocycles. The van der Waals surface area contributed by atoms with E-state index in [1.165, 1.54) is 24.0 Å². The lowest BCUT2D eigenvalue weighted by Gasteiger charge is -2.11. The lowest BCUT2D eigenvalue weighted by atomic mass is 10.2. The Morgan fingerprint density at radius 3 is 2.90 bits per heavy atom. The van der Waals surface area contributed by atoms with Gasteiger partial charge in [0, 0.05) is 18.3 Å². The van der Waals surface area contributed by atoms with E-state index in [0.717, 1.165) is 5.75 Å². The van der Waals surface area contributed by atoms with Gasteiger partial charge in [-0.1, -0.05) is 29.8 Å². The summed E-state index contributed by atoms with van der Waals surface area (Å²) in [6.07, 6.45) is 2.44. The second kappa shape index (κ2) is 8.55. The highest BCUT2D eigenvalue weighted by Gasteiger charge is 2.28. The van der Waals surface area contributed by atoms with Gasteiger partial charge in [0.05, 0.1) is 5.75 Å². The average molecular weight is 315 g/mol. The number of rotatable bonds is 7. The van der Waals surface area contributed by atoms with E-state index in [1.54, 1.807) is 11.8 Å². The van der Waals surface area contributed by atoms with Crippen LogP contribution >= 0.6 is 24.2 Å². The van der Waals surface area contributed by atoms with Crippen LogP contribution in [0.15, 0.2) is 24.3 Å². The Morgan fingerprint density at radius 1 is 1.50 bits per heavy atom. The molecule has 0 radical (unpaired) electrons. The second-order valence-corrected chi connectivity index (χ2v) is 6.27. The highest BCUT2D eigenvalue weighted by molar-refractivity contribution is 7.99. The van der Waals surface area contributed by atoms with Crippen molar-refractivity contribution in [3.8, 4) is 0 Å². The van der Waals surface area contributed by atoms with Crippen LogP contribution in [0.4, 0.5) is 0 Å². The number of benzene rings is 1. The molecule has 20 heavy (non-hydrogen) atoms. The number of amides is 1. The Kier molecular flexibility index (Phi) is 7.41. The van der Waals surface area contributed by atoms with Crippen LogP contribution in [0.1, 0.15) is 24.0 Å². The molecule has 1 aliphatic carbocycles. The number of aryl methyl sites for hydroxylation is 1. The third-order valence-corrected chi connectivity index (χ3v) is 4.35. The van der Waals surface area contributed by atoms with Crippen molar-refractivity contribution in [1.29, 1.82) is 0 Å². The van der Waals surface area contributed by atoms with E-state index in [-0.39, 0.29) is 24.4 Å². The minimum absolute atomic E-state index is 0. The first-order valence-electron chi connectivity index (χ1n) is 6.80. The summed E-state index contributed by atoms with van der Waals surface area (Å²) in [5.74, 6) is 2.11. The fraction of sp³-hybridized carbons (Fsp3) is 0.533. The molecule has 2 rings (SSSR count). The Balaban J connectivity index is 0.00000200. The number of carbonyl (C=O) groups is 1. The first-order valence-corrected chi connectivity index (χ1v) is 7.96. The number of nitrogens with two attached hydrogens (primary N) is 1. The third kappa shape index (κ3) is 6.16. The summed E-state index contributed by atoms with van der Waals surface area (Å²) in [5.41, 5.74) is 8.47. The van der Waals surface area contributed by atoms with Crippen molar-refractivity contribution in [1.82, 2.24) is 5.32 Å². The zero-order valence-electron chi connectivity index (χ0n) is 11.8. The van der Waals surface area contributed by atoms with Gasteiger partial charge in [0.2, 0.25) is 5.91 Å². The van der Waals surface area contributed by atoms with Crippen molar-refractivity contribution in [2.24, 2.45) is 11.7 Å². The maximum absolute atomic E-state index is 11.7. The lowest BCUT2D eigenvalue weighted by molar-refractivity contribution is -0.118. The van der Waals surface area contributed by atoms with E-state index in [2.05, 4.69) is 36.5 Å². The van der Waals surface area contributed by atoms with Gasteiger partial charge in [-0.05, 0) is 31.2 Å². The molecule has 1 amide bonds. The van der Waals surface area contributed by atoms with Crippen LogP contribution in [-0.2, 0) is 10.5 Å². The largest absolute Gasteiger partial charge is 0.354 e. The molecule has 0 bridgehead atoms. The molecule has 0 aliphatic heterocycles. The fourth-order valence-electron chi connectivity index (χ4n) is 2.04. The molecule has 1 unspecified atom stereocenters. The maximum atomic E-state index is 11.7. The van der Waals surface area contributed by atoms with Crippen LogP contribution in [0.25, 0.3) is 0 Å². The molecule has 1 fully saturated rings. The molecule has 1 aromatic rings. The van der Waals surface area contributed by atoms with Gasteiger partial charge >= 0.3 is 0 Å². The topological polar surface area (TPSA) is 55.1 Å². The van der Waals surface area contributed by atoms with Gasteiger partial charge in [-0.15, -0.1) is 24.2 Å². The van der Waals surface area contributed by atoms with Gasteiger partial charge in [0.15, 0.2) is 0 Å². The molecule has 0 heterocycles. The van der Waals surface area contributed by atoms with E-state index < -0.39 is 0 Å². The second-order valence-electron chi connectivity index (χ2n) is 5.29. The Morgan fingerprint density at radius 2 is 2.25 bits per heavy atom. The first kappa shape index (κ1) is 17.3. The average Bonchev–Trinajstić information content (AvgIpc) is 3.20. The van der Waals surface area contributed by atoms with Gasteiger partial charge in [0.1, 0.15) is 0 Å². The molecule has 3 nitrogen and oxygen atoms in total. The van der Waals surface area contributed by atoms with E-state index in [0.29, 0.717) is 18.2 Å².